The van der Waals surface area contributed by atoms with Crippen LogP contribution in [0, 0.1) is 5.41 Å². The highest BCUT2D eigenvalue weighted by Crippen LogP contribution is 2.39. The Morgan fingerprint density at radius 3 is 2.27 bits per heavy atom. The molecule has 0 aliphatic carbocycles. The quantitative estimate of drug-likeness (QED) is 0.695. The Kier molecular flexibility index (Phi) is 4.16. The lowest BCUT2D eigenvalue weighted by Gasteiger charge is -2.17. The van der Waals surface area contributed by atoms with Crippen molar-refractivity contribution >= 4 is 40.6 Å². The number of hydrogen-bond donors (Lipinski definition) is 0. The standard InChI is InChI=1S/C13H12Cl2F3N3O/c1-12(2,3)8-5-9(22)21(20-8)11-7(14)4-6(10(15)19-11)13(16,17)18/h4H,5H2,1-3H3. The molecule has 1 aromatic heterocycles. The molecule has 0 bridgehead atoms. The summed E-state index contributed by atoms with van der Waals surface area (Å²) in [6.07, 6.45) is -4.62. The second-order valence-electron chi connectivity index (χ2n) is 5.81. The third-order valence-corrected chi connectivity index (χ3v) is 3.62. The van der Waals surface area contributed by atoms with Crippen LogP contribution in [0.15, 0.2) is 11.2 Å². The van der Waals surface area contributed by atoms with Crippen LogP contribution in [0.3, 0.4) is 0 Å². The van der Waals surface area contributed by atoms with Crippen molar-refractivity contribution in [2.75, 3.05) is 5.01 Å². The maximum atomic E-state index is 12.7. The fourth-order valence-corrected chi connectivity index (χ4v) is 2.29. The average Bonchev–Trinajstić information content (AvgIpc) is 2.72. The van der Waals surface area contributed by atoms with Crippen molar-refractivity contribution in [3.05, 3.63) is 21.8 Å². The summed E-state index contributed by atoms with van der Waals surface area (Å²) in [6.45, 7) is 5.62. The number of nitrogens with zero attached hydrogens (tertiary/aromatic N) is 3. The molecule has 9 heteroatoms. The van der Waals surface area contributed by atoms with Crippen LogP contribution in [0.25, 0.3) is 0 Å². The second kappa shape index (κ2) is 5.38. The number of anilines is 1. The number of aromatic nitrogens is 1. The van der Waals surface area contributed by atoms with Crippen LogP contribution in [0.5, 0.6) is 0 Å². The van der Waals surface area contributed by atoms with Gasteiger partial charge in [-0.05, 0) is 6.07 Å². The van der Waals surface area contributed by atoms with Gasteiger partial charge in [0, 0.05) is 5.41 Å². The topological polar surface area (TPSA) is 45.6 Å². The van der Waals surface area contributed by atoms with Crippen molar-refractivity contribution in [2.24, 2.45) is 10.5 Å². The molecule has 2 heterocycles. The monoisotopic (exact) mass is 353 g/mol. The number of hydrazone groups is 1. The number of carbonyl (C=O) groups excluding carboxylic acids is 1. The summed E-state index contributed by atoms with van der Waals surface area (Å²) in [5.74, 6) is -0.626. The molecule has 0 atom stereocenters. The van der Waals surface area contributed by atoms with E-state index in [1.165, 1.54) is 0 Å². The molecule has 0 spiro atoms. The van der Waals surface area contributed by atoms with Gasteiger partial charge in [-0.25, -0.2) is 4.98 Å². The van der Waals surface area contributed by atoms with Crippen LogP contribution in [0.1, 0.15) is 32.8 Å². The summed E-state index contributed by atoms with van der Waals surface area (Å²) < 4.78 is 38.2. The zero-order valence-corrected chi connectivity index (χ0v) is 13.4. The summed E-state index contributed by atoms with van der Waals surface area (Å²) in [4.78, 5) is 15.6. The predicted molar refractivity (Wildman–Crippen MR) is 78.3 cm³/mol. The molecule has 1 aliphatic heterocycles. The van der Waals surface area contributed by atoms with Gasteiger partial charge in [0.05, 0.1) is 22.7 Å². The first-order valence-electron chi connectivity index (χ1n) is 6.25. The van der Waals surface area contributed by atoms with Gasteiger partial charge in [0.25, 0.3) is 5.91 Å². The first-order valence-corrected chi connectivity index (χ1v) is 7.01. The van der Waals surface area contributed by atoms with Gasteiger partial charge in [0.2, 0.25) is 0 Å². The Morgan fingerprint density at radius 1 is 1.23 bits per heavy atom. The van der Waals surface area contributed by atoms with Crippen molar-refractivity contribution in [1.29, 1.82) is 0 Å². The molecule has 1 amide bonds. The lowest BCUT2D eigenvalue weighted by Crippen LogP contribution is -2.22. The molecule has 2 rings (SSSR count). The number of pyridine rings is 1. The fraction of sp³-hybridized carbons (Fsp3) is 0.462. The van der Waals surface area contributed by atoms with E-state index in [1.807, 2.05) is 20.8 Å². The molecule has 0 fully saturated rings. The van der Waals surface area contributed by atoms with Crippen LogP contribution < -0.4 is 5.01 Å². The highest BCUT2D eigenvalue weighted by atomic mass is 35.5. The van der Waals surface area contributed by atoms with Gasteiger partial charge < -0.3 is 0 Å². The lowest BCUT2D eigenvalue weighted by molar-refractivity contribution is -0.137. The van der Waals surface area contributed by atoms with Crippen molar-refractivity contribution in [2.45, 2.75) is 33.4 Å². The number of amides is 1. The summed E-state index contributed by atoms with van der Waals surface area (Å²) in [5, 5.41) is 3.89. The van der Waals surface area contributed by atoms with Crippen LogP contribution in [-0.2, 0) is 11.0 Å². The van der Waals surface area contributed by atoms with E-state index < -0.39 is 22.8 Å². The predicted octanol–water partition coefficient (Wildman–Crippen LogP) is 4.55. The number of hydrogen-bond acceptors (Lipinski definition) is 3. The zero-order valence-electron chi connectivity index (χ0n) is 11.9. The maximum absolute atomic E-state index is 12.7. The van der Waals surface area contributed by atoms with E-state index in [1.54, 1.807) is 0 Å². The van der Waals surface area contributed by atoms with Crippen LogP contribution in [-0.4, -0.2) is 16.6 Å². The van der Waals surface area contributed by atoms with Crippen molar-refractivity contribution in [3.63, 3.8) is 0 Å². The number of carbonyl (C=O) groups is 1. The third kappa shape index (κ3) is 3.20. The van der Waals surface area contributed by atoms with E-state index in [0.717, 1.165) is 5.01 Å². The summed E-state index contributed by atoms with van der Waals surface area (Å²) in [5.41, 5.74) is -0.923. The highest BCUT2D eigenvalue weighted by Gasteiger charge is 2.38. The minimum absolute atomic E-state index is 0.0557. The Bertz CT molecular complexity index is 666. The average molecular weight is 354 g/mol. The zero-order chi connectivity index (χ0) is 16.9. The molecular formula is C13H12Cl2F3N3O. The van der Waals surface area contributed by atoms with E-state index >= 15 is 0 Å². The molecule has 0 aromatic carbocycles. The smallest absolute Gasteiger partial charge is 0.272 e. The number of rotatable bonds is 1. The summed E-state index contributed by atoms with van der Waals surface area (Å²) in [7, 11) is 0. The Morgan fingerprint density at radius 2 is 1.82 bits per heavy atom. The fourth-order valence-electron chi connectivity index (χ4n) is 1.82. The normalized spacial score (nSPS) is 16.3. The van der Waals surface area contributed by atoms with Crippen molar-refractivity contribution < 1.29 is 18.0 Å². The Labute approximate surface area is 134 Å². The van der Waals surface area contributed by atoms with Gasteiger partial charge >= 0.3 is 6.18 Å². The molecule has 0 N–H and O–H groups in total. The van der Waals surface area contributed by atoms with E-state index in [2.05, 4.69) is 10.1 Å². The molecule has 22 heavy (non-hydrogen) atoms. The third-order valence-electron chi connectivity index (χ3n) is 3.06. The van der Waals surface area contributed by atoms with Gasteiger partial charge in [-0.1, -0.05) is 44.0 Å². The molecule has 0 unspecified atom stereocenters. The van der Waals surface area contributed by atoms with E-state index in [4.69, 9.17) is 23.2 Å². The summed E-state index contributed by atoms with van der Waals surface area (Å²) in [6, 6.07) is 0.643. The molecule has 120 valence electrons. The van der Waals surface area contributed by atoms with Crippen molar-refractivity contribution in [1.82, 2.24) is 4.98 Å². The Hall–Kier alpha value is -1.34. The van der Waals surface area contributed by atoms with Crippen LogP contribution >= 0.6 is 23.2 Å². The van der Waals surface area contributed by atoms with Crippen LogP contribution in [0.2, 0.25) is 10.2 Å². The Balaban J connectivity index is 2.49. The van der Waals surface area contributed by atoms with Gasteiger partial charge in [-0.15, -0.1) is 0 Å². The highest BCUT2D eigenvalue weighted by molar-refractivity contribution is 6.35. The lowest BCUT2D eigenvalue weighted by atomic mass is 9.88. The molecule has 1 aromatic rings. The van der Waals surface area contributed by atoms with Gasteiger partial charge in [0.1, 0.15) is 5.15 Å². The van der Waals surface area contributed by atoms with E-state index in [9.17, 15) is 18.0 Å². The molecule has 4 nitrogen and oxygen atoms in total. The molecule has 0 radical (unpaired) electrons. The van der Waals surface area contributed by atoms with E-state index in [0.29, 0.717) is 11.8 Å². The maximum Gasteiger partial charge on any atom is 0.419 e. The minimum Gasteiger partial charge on any atom is -0.272 e. The largest absolute Gasteiger partial charge is 0.419 e. The molecular weight excluding hydrogens is 342 g/mol. The summed E-state index contributed by atoms with van der Waals surface area (Å²) >= 11 is 11.4. The van der Waals surface area contributed by atoms with Crippen molar-refractivity contribution in [3.8, 4) is 0 Å². The minimum atomic E-state index is -4.68. The first-order chi connectivity index (χ1) is 9.91. The van der Waals surface area contributed by atoms with E-state index in [-0.39, 0.29) is 22.7 Å². The SMILES string of the molecule is CC(C)(C)C1=NN(c2nc(Cl)c(C(F)(F)F)cc2Cl)C(=O)C1. The first kappa shape index (κ1) is 17.0. The van der Waals surface area contributed by atoms with Gasteiger partial charge in [-0.3, -0.25) is 4.79 Å². The molecule has 0 saturated heterocycles. The van der Waals surface area contributed by atoms with Gasteiger partial charge in [0.15, 0.2) is 5.82 Å². The second-order valence-corrected chi connectivity index (χ2v) is 6.57. The van der Waals surface area contributed by atoms with Gasteiger partial charge in [-0.2, -0.15) is 23.3 Å². The number of alkyl halides is 3. The molecule has 1 aliphatic rings. The number of halogens is 5. The molecule has 0 saturated carbocycles. The van der Waals surface area contributed by atoms with Crippen LogP contribution in [0.4, 0.5) is 19.0 Å².